The lowest BCUT2D eigenvalue weighted by atomic mass is 10.1. The van der Waals surface area contributed by atoms with Gasteiger partial charge in [0.15, 0.2) is 6.54 Å². The van der Waals surface area contributed by atoms with Gasteiger partial charge in [-0.15, -0.1) is 0 Å². The summed E-state index contributed by atoms with van der Waals surface area (Å²) in [4.78, 5) is 13.0. The lowest BCUT2D eigenvalue weighted by Gasteiger charge is -2.37. The third-order valence-corrected chi connectivity index (χ3v) is 5.84. The maximum Gasteiger partial charge on any atom is 0.279 e. The molecule has 0 saturated carbocycles. The Kier molecular flexibility index (Phi) is 6.68. The molecular formula is C24H33N2O+. The zero-order chi connectivity index (χ0) is 19.1. The highest BCUT2D eigenvalue weighted by molar-refractivity contribution is 5.92. The molecule has 3 rings (SSSR count). The van der Waals surface area contributed by atoms with Crippen molar-refractivity contribution < 1.29 is 9.28 Å². The van der Waals surface area contributed by atoms with Gasteiger partial charge in [-0.25, -0.2) is 0 Å². The first-order chi connectivity index (χ1) is 13.1. The normalized spacial score (nSPS) is 16.5. The Hall–Kier alpha value is -2.13. The second-order valence-electron chi connectivity index (χ2n) is 8.06. The van der Waals surface area contributed by atoms with E-state index in [1.165, 1.54) is 36.8 Å². The van der Waals surface area contributed by atoms with Gasteiger partial charge in [-0.05, 0) is 56.2 Å². The summed E-state index contributed by atoms with van der Waals surface area (Å²) in [6.07, 6.45) is 5.98. The molecular weight excluding hydrogens is 332 g/mol. The van der Waals surface area contributed by atoms with Gasteiger partial charge in [-0.2, -0.15) is 0 Å². The first-order valence-electron chi connectivity index (χ1n) is 10.4. The number of carbonyl (C=O) groups excluding carboxylic acids is 1. The Labute approximate surface area is 164 Å². The van der Waals surface area contributed by atoms with E-state index in [0.29, 0.717) is 6.54 Å². The van der Waals surface area contributed by atoms with Crippen LogP contribution >= 0.6 is 0 Å². The summed E-state index contributed by atoms with van der Waals surface area (Å²) in [6.45, 7) is 7.91. The number of nitrogens with zero attached hydrogens (tertiary/aromatic N) is 1. The van der Waals surface area contributed by atoms with Crippen LogP contribution in [0.25, 0.3) is 0 Å². The minimum absolute atomic E-state index is 0.143. The van der Waals surface area contributed by atoms with Crippen molar-refractivity contribution in [3.8, 4) is 0 Å². The second-order valence-corrected chi connectivity index (χ2v) is 8.06. The number of quaternary nitrogens is 1. The monoisotopic (exact) mass is 365 g/mol. The van der Waals surface area contributed by atoms with Crippen LogP contribution in [0.3, 0.4) is 0 Å². The predicted octanol–water partition coefficient (Wildman–Crippen LogP) is 5.09. The minimum Gasteiger partial charge on any atom is -0.321 e. The molecule has 2 aromatic carbocycles. The summed E-state index contributed by atoms with van der Waals surface area (Å²) in [5.41, 5.74) is 4.69. The number of nitrogens with one attached hydrogen (secondary N) is 1. The van der Waals surface area contributed by atoms with Gasteiger partial charge in [-0.3, -0.25) is 4.79 Å². The molecule has 0 bridgehead atoms. The fraction of sp³-hybridized carbons (Fsp3) is 0.458. The van der Waals surface area contributed by atoms with Crippen molar-refractivity contribution >= 4 is 11.6 Å². The molecule has 0 aromatic heterocycles. The average molecular weight is 366 g/mol. The smallest absolute Gasteiger partial charge is 0.279 e. The van der Waals surface area contributed by atoms with Crippen molar-refractivity contribution in [2.75, 3.05) is 25.0 Å². The fourth-order valence-corrected chi connectivity index (χ4v) is 4.22. The van der Waals surface area contributed by atoms with Gasteiger partial charge in [0.2, 0.25) is 0 Å². The summed E-state index contributed by atoms with van der Waals surface area (Å²) < 4.78 is 0.877. The van der Waals surface area contributed by atoms with Crippen LogP contribution in [0, 0.1) is 6.92 Å². The molecule has 2 aromatic rings. The molecule has 0 unspecified atom stereocenters. The second kappa shape index (κ2) is 9.18. The molecule has 0 spiro atoms. The highest BCUT2D eigenvalue weighted by atomic mass is 16.2. The van der Waals surface area contributed by atoms with Crippen molar-refractivity contribution in [3.05, 3.63) is 65.2 Å². The number of benzene rings is 2. The van der Waals surface area contributed by atoms with Gasteiger partial charge in [0.25, 0.3) is 5.91 Å². The van der Waals surface area contributed by atoms with E-state index < -0.39 is 0 Å². The first kappa shape index (κ1) is 19.6. The summed E-state index contributed by atoms with van der Waals surface area (Å²) in [5.74, 6) is 0.143. The van der Waals surface area contributed by atoms with Gasteiger partial charge < -0.3 is 9.80 Å². The Bertz CT molecular complexity index is 746. The maximum absolute atomic E-state index is 13.0. The van der Waals surface area contributed by atoms with Gasteiger partial charge in [-0.1, -0.05) is 49.4 Å². The van der Waals surface area contributed by atoms with Gasteiger partial charge in [0.1, 0.15) is 6.54 Å². The molecule has 1 fully saturated rings. The van der Waals surface area contributed by atoms with Crippen LogP contribution in [0.4, 0.5) is 5.69 Å². The molecule has 3 nitrogen and oxygen atoms in total. The number of anilines is 1. The van der Waals surface area contributed by atoms with E-state index in [-0.39, 0.29) is 5.91 Å². The number of amides is 1. The molecule has 1 aliphatic heterocycles. The highest BCUT2D eigenvalue weighted by Gasteiger charge is 2.31. The van der Waals surface area contributed by atoms with Crippen LogP contribution in [0.2, 0.25) is 0 Å². The third kappa shape index (κ3) is 5.43. The lowest BCUT2D eigenvalue weighted by Crippen LogP contribution is -2.52. The molecule has 3 heteroatoms. The Morgan fingerprint density at radius 1 is 0.963 bits per heavy atom. The van der Waals surface area contributed by atoms with Crippen LogP contribution in [0.15, 0.2) is 48.5 Å². The van der Waals surface area contributed by atoms with E-state index in [1.54, 1.807) is 0 Å². The maximum atomic E-state index is 13.0. The standard InChI is InChI=1S/C24H32N2O/c1-3-21-14-13-20(2)23(17-21)25-24(27)19-26(15-9-4-5-10-16-26)18-22-11-7-6-8-12-22/h6-8,11-14,17H,3-5,9-10,15-16,18-19H2,1-2H3/p+1. The van der Waals surface area contributed by atoms with E-state index in [2.05, 4.69) is 67.7 Å². The predicted molar refractivity (Wildman–Crippen MR) is 113 cm³/mol. The van der Waals surface area contributed by atoms with Crippen molar-refractivity contribution in [2.45, 2.75) is 52.5 Å². The molecule has 0 aliphatic carbocycles. The Morgan fingerprint density at radius 3 is 2.33 bits per heavy atom. The van der Waals surface area contributed by atoms with Crippen molar-refractivity contribution in [1.82, 2.24) is 0 Å². The zero-order valence-corrected chi connectivity index (χ0v) is 16.8. The summed E-state index contributed by atoms with van der Waals surface area (Å²) in [5, 5.41) is 3.21. The number of likely N-dealkylation sites (tertiary alicyclic amines) is 1. The third-order valence-electron chi connectivity index (χ3n) is 5.84. The Morgan fingerprint density at radius 2 is 1.67 bits per heavy atom. The van der Waals surface area contributed by atoms with Crippen LogP contribution in [-0.2, 0) is 17.8 Å². The number of hydrogen-bond donors (Lipinski definition) is 1. The quantitative estimate of drug-likeness (QED) is 0.710. The van der Waals surface area contributed by atoms with Crippen LogP contribution in [0.5, 0.6) is 0 Å². The largest absolute Gasteiger partial charge is 0.321 e. The fourth-order valence-electron chi connectivity index (χ4n) is 4.22. The van der Waals surface area contributed by atoms with Gasteiger partial charge in [0.05, 0.1) is 13.1 Å². The summed E-state index contributed by atoms with van der Waals surface area (Å²) in [6, 6.07) is 17.0. The molecule has 1 amide bonds. The highest BCUT2D eigenvalue weighted by Crippen LogP contribution is 2.23. The molecule has 0 atom stereocenters. The summed E-state index contributed by atoms with van der Waals surface area (Å²) in [7, 11) is 0. The SMILES string of the molecule is CCc1ccc(C)c(NC(=O)C[N+]2(Cc3ccccc3)CCCCCC2)c1. The molecule has 1 aliphatic rings. The van der Waals surface area contributed by atoms with Crippen molar-refractivity contribution in [2.24, 2.45) is 0 Å². The van der Waals surface area contributed by atoms with E-state index in [0.717, 1.165) is 41.8 Å². The summed E-state index contributed by atoms with van der Waals surface area (Å²) >= 11 is 0. The van der Waals surface area contributed by atoms with Crippen LogP contribution < -0.4 is 5.32 Å². The molecule has 27 heavy (non-hydrogen) atoms. The topological polar surface area (TPSA) is 29.1 Å². The number of carbonyl (C=O) groups is 1. The molecule has 1 saturated heterocycles. The van der Waals surface area contributed by atoms with Crippen molar-refractivity contribution in [3.63, 3.8) is 0 Å². The van der Waals surface area contributed by atoms with E-state index in [4.69, 9.17) is 0 Å². The zero-order valence-electron chi connectivity index (χ0n) is 16.8. The number of hydrogen-bond acceptors (Lipinski definition) is 1. The number of aryl methyl sites for hydroxylation is 2. The van der Waals surface area contributed by atoms with Crippen molar-refractivity contribution in [1.29, 1.82) is 0 Å². The molecule has 144 valence electrons. The van der Waals surface area contributed by atoms with E-state index in [9.17, 15) is 4.79 Å². The van der Waals surface area contributed by atoms with Gasteiger partial charge in [0, 0.05) is 11.3 Å². The van der Waals surface area contributed by atoms with Crippen LogP contribution in [0.1, 0.15) is 49.3 Å². The number of rotatable bonds is 6. The molecule has 1 N–H and O–H groups in total. The molecule has 1 heterocycles. The van der Waals surface area contributed by atoms with Gasteiger partial charge >= 0.3 is 0 Å². The molecule has 0 radical (unpaired) electrons. The van der Waals surface area contributed by atoms with Crippen LogP contribution in [-0.4, -0.2) is 30.0 Å². The Balaban J connectivity index is 1.76. The van der Waals surface area contributed by atoms with E-state index >= 15 is 0 Å². The lowest BCUT2D eigenvalue weighted by molar-refractivity contribution is -0.932. The first-order valence-corrected chi connectivity index (χ1v) is 10.4. The van der Waals surface area contributed by atoms with E-state index in [1.807, 2.05) is 0 Å². The minimum atomic E-state index is 0.143. The average Bonchev–Trinajstić information content (AvgIpc) is 2.89.